The zero-order valence-electron chi connectivity index (χ0n) is 6.68. The zero-order valence-corrected chi connectivity index (χ0v) is 6.68. The van der Waals surface area contributed by atoms with E-state index in [1.807, 2.05) is 0 Å². The normalized spacial score (nSPS) is 11.0. The highest BCUT2D eigenvalue weighted by molar-refractivity contribution is 5.02. The highest BCUT2D eigenvalue weighted by Gasteiger charge is 2.03. The van der Waals surface area contributed by atoms with Gasteiger partial charge in [-0.15, -0.1) is 0 Å². The summed E-state index contributed by atoms with van der Waals surface area (Å²) in [4.78, 5) is 0. The predicted octanol–water partition coefficient (Wildman–Crippen LogP) is 1.34. The second-order valence-corrected chi connectivity index (χ2v) is 2.46. The van der Waals surface area contributed by atoms with Crippen LogP contribution in [0.5, 0.6) is 0 Å². The number of hydrogen-bond acceptors (Lipinski definition) is 3. The van der Waals surface area contributed by atoms with Crippen LogP contribution in [0.1, 0.15) is 11.5 Å². The van der Waals surface area contributed by atoms with Gasteiger partial charge < -0.3 is 9.84 Å². The van der Waals surface area contributed by atoms with E-state index in [2.05, 4.69) is 10.5 Å². The first-order chi connectivity index (χ1) is 5.68. The molecule has 0 aliphatic rings. The van der Waals surface area contributed by atoms with E-state index in [1.165, 1.54) is 0 Å². The topological polar surface area (TPSA) is 38.1 Å². The lowest BCUT2D eigenvalue weighted by Gasteiger charge is -1.98. The van der Waals surface area contributed by atoms with Gasteiger partial charge >= 0.3 is 0 Å². The van der Waals surface area contributed by atoms with Crippen LogP contribution in [0.2, 0.25) is 0 Å². The summed E-state index contributed by atoms with van der Waals surface area (Å²) in [5.41, 5.74) is 0.754. The molecule has 0 bridgehead atoms. The van der Waals surface area contributed by atoms with Crippen LogP contribution >= 0.6 is 0 Å². The third kappa shape index (κ3) is 2.96. The largest absolute Gasteiger partial charge is 0.360 e. The molecule has 0 radical (unpaired) electrons. The van der Waals surface area contributed by atoms with Crippen LogP contribution in [0.15, 0.2) is 10.6 Å². The summed E-state index contributed by atoms with van der Waals surface area (Å²) in [5, 5.41) is 6.14. The molecule has 0 aromatic carbocycles. The molecule has 1 aromatic rings. The van der Waals surface area contributed by atoms with E-state index in [-0.39, 0.29) is 6.54 Å². The van der Waals surface area contributed by atoms with E-state index < -0.39 is 6.43 Å². The van der Waals surface area contributed by atoms with Crippen molar-refractivity contribution >= 4 is 0 Å². The van der Waals surface area contributed by atoms with Gasteiger partial charge in [0.25, 0.3) is 6.43 Å². The van der Waals surface area contributed by atoms with Crippen molar-refractivity contribution in [2.45, 2.75) is 19.9 Å². The monoisotopic (exact) mass is 176 g/mol. The number of hydrogen-bond donors (Lipinski definition) is 1. The Bertz CT molecular complexity index is 237. The molecule has 1 heterocycles. The van der Waals surface area contributed by atoms with Crippen LogP contribution in [0.25, 0.3) is 0 Å². The minimum Gasteiger partial charge on any atom is -0.360 e. The first-order valence-corrected chi connectivity index (χ1v) is 3.59. The van der Waals surface area contributed by atoms with E-state index in [1.54, 1.807) is 13.0 Å². The zero-order chi connectivity index (χ0) is 8.97. The number of nitrogens with zero attached hydrogens (tertiary/aromatic N) is 1. The van der Waals surface area contributed by atoms with Crippen molar-refractivity contribution in [2.24, 2.45) is 0 Å². The molecule has 1 N–H and O–H groups in total. The molecule has 5 heteroatoms. The van der Waals surface area contributed by atoms with E-state index in [4.69, 9.17) is 4.52 Å². The second kappa shape index (κ2) is 4.15. The fourth-order valence-corrected chi connectivity index (χ4v) is 0.804. The minimum atomic E-state index is -2.32. The fourth-order valence-electron chi connectivity index (χ4n) is 0.804. The Labute approximate surface area is 68.7 Å². The van der Waals surface area contributed by atoms with Gasteiger partial charge in [-0.2, -0.15) is 0 Å². The van der Waals surface area contributed by atoms with Crippen LogP contribution in [-0.2, 0) is 6.54 Å². The van der Waals surface area contributed by atoms with Crippen molar-refractivity contribution in [1.82, 2.24) is 10.5 Å². The summed E-state index contributed by atoms with van der Waals surface area (Å²) in [6, 6.07) is 1.71. The summed E-state index contributed by atoms with van der Waals surface area (Å²) in [6.07, 6.45) is -2.32. The van der Waals surface area contributed by atoms with Gasteiger partial charge in [-0.3, -0.25) is 0 Å². The molecular weight excluding hydrogens is 166 g/mol. The molecule has 0 amide bonds. The maximum absolute atomic E-state index is 11.6. The lowest BCUT2D eigenvalue weighted by Crippen LogP contribution is -2.20. The molecule has 0 atom stereocenters. The fraction of sp³-hybridized carbons (Fsp3) is 0.571. The number of rotatable bonds is 4. The molecule has 0 unspecified atom stereocenters. The highest BCUT2D eigenvalue weighted by Crippen LogP contribution is 2.01. The number of aryl methyl sites for hydroxylation is 1. The van der Waals surface area contributed by atoms with E-state index in [9.17, 15) is 8.78 Å². The lowest BCUT2D eigenvalue weighted by atomic mass is 10.4. The van der Waals surface area contributed by atoms with Crippen LogP contribution in [-0.4, -0.2) is 18.1 Å². The molecule has 68 valence electrons. The van der Waals surface area contributed by atoms with E-state index in [0.29, 0.717) is 12.3 Å². The number of aromatic nitrogens is 1. The molecule has 0 saturated carbocycles. The molecule has 0 aliphatic carbocycles. The molecular formula is C7H10F2N2O. The summed E-state index contributed by atoms with van der Waals surface area (Å²) >= 11 is 0. The van der Waals surface area contributed by atoms with Gasteiger partial charge in [0.05, 0.1) is 18.8 Å². The average molecular weight is 176 g/mol. The maximum atomic E-state index is 11.6. The second-order valence-electron chi connectivity index (χ2n) is 2.46. The van der Waals surface area contributed by atoms with Crippen LogP contribution < -0.4 is 5.32 Å². The van der Waals surface area contributed by atoms with Crippen LogP contribution in [0, 0.1) is 6.92 Å². The quantitative estimate of drug-likeness (QED) is 0.752. The summed E-state index contributed by atoms with van der Waals surface area (Å²) in [6.45, 7) is 1.76. The van der Waals surface area contributed by atoms with Gasteiger partial charge in [0.15, 0.2) is 5.76 Å². The Hall–Kier alpha value is -0.970. The standard InChI is InChI=1S/C7H10F2N2O/c1-5-2-6(12-11-5)3-10-4-7(8)9/h2,7,10H,3-4H2,1H3. The predicted molar refractivity (Wildman–Crippen MR) is 39.0 cm³/mol. The summed E-state index contributed by atoms with van der Waals surface area (Å²) in [7, 11) is 0. The molecule has 0 aliphatic heterocycles. The van der Waals surface area contributed by atoms with Crippen molar-refractivity contribution in [3.8, 4) is 0 Å². The minimum absolute atomic E-state index is 0.297. The van der Waals surface area contributed by atoms with Gasteiger partial charge in [0, 0.05) is 6.07 Å². The molecule has 1 rings (SSSR count). The number of alkyl halides is 2. The van der Waals surface area contributed by atoms with E-state index >= 15 is 0 Å². The van der Waals surface area contributed by atoms with Gasteiger partial charge in [-0.05, 0) is 6.92 Å². The Morgan fingerprint density at radius 3 is 2.92 bits per heavy atom. The van der Waals surface area contributed by atoms with Crippen molar-refractivity contribution in [1.29, 1.82) is 0 Å². The Kier molecular flexibility index (Phi) is 3.16. The molecule has 12 heavy (non-hydrogen) atoms. The van der Waals surface area contributed by atoms with Gasteiger partial charge in [0.2, 0.25) is 0 Å². The summed E-state index contributed by atoms with van der Waals surface area (Å²) < 4.78 is 28.1. The molecule has 1 aromatic heterocycles. The van der Waals surface area contributed by atoms with E-state index in [0.717, 1.165) is 5.69 Å². The molecule has 3 nitrogen and oxygen atoms in total. The highest BCUT2D eigenvalue weighted by atomic mass is 19.3. The number of nitrogens with one attached hydrogen (secondary N) is 1. The molecule has 0 fully saturated rings. The average Bonchev–Trinajstić information content (AvgIpc) is 2.35. The Morgan fingerprint density at radius 1 is 1.67 bits per heavy atom. The van der Waals surface area contributed by atoms with Crippen molar-refractivity contribution in [3.63, 3.8) is 0 Å². The molecule has 0 saturated heterocycles. The van der Waals surface area contributed by atoms with Crippen LogP contribution in [0.3, 0.4) is 0 Å². The third-order valence-electron chi connectivity index (χ3n) is 1.27. The summed E-state index contributed by atoms with van der Waals surface area (Å²) in [5.74, 6) is 0.577. The first kappa shape index (κ1) is 9.12. The van der Waals surface area contributed by atoms with Crippen molar-refractivity contribution < 1.29 is 13.3 Å². The van der Waals surface area contributed by atoms with Crippen molar-refractivity contribution in [2.75, 3.05) is 6.54 Å². The SMILES string of the molecule is Cc1cc(CNCC(F)F)on1. The van der Waals surface area contributed by atoms with Gasteiger partial charge in [-0.1, -0.05) is 5.16 Å². The smallest absolute Gasteiger partial charge is 0.250 e. The van der Waals surface area contributed by atoms with Crippen LogP contribution in [0.4, 0.5) is 8.78 Å². The van der Waals surface area contributed by atoms with Crippen molar-refractivity contribution in [3.05, 3.63) is 17.5 Å². The van der Waals surface area contributed by atoms with Gasteiger partial charge in [0.1, 0.15) is 0 Å². The Morgan fingerprint density at radius 2 is 2.42 bits per heavy atom. The Balaban J connectivity index is 2.24. The van der Waals surface area contributed by atoms with Gasteiger partial charge in [-0.25, -0.2) is 8.78 Å². The number of halogens is 2. The molecule has 0 spiro atoms. The third-order valence-corrected chi connectivity index (χ3v) is 1.27. The maximum Gasteiger partial charge on any atom is 0.250 e. The first-order valence-electron chi connectivity index (χ1n) is 3.59. The lowest BCUT2D eigenvalue weighted by molar-refractivity contribution is 0.144.